The maximum atomic E-state index is 6.43. The summed E-state index contributed by atoms with van der Waals surface area (Å²) in [5, 5.41) is 0. The van der Waals surface area contributed by atoms with Crippen molar-refractivity contribution < 1.29 is 18.9 Å². The lowest BCUT2D eigenvalue weighted by atomic mass is 9.44. The Bertz CT molecular complexity index is 2750. The van der Waals surface area contributed by atoms with Crippen LogP contribution in [0.3, 0.4) is 0 Å². The van der Waals surface area contributed by atoms with Gasteiger partial charge in [-0.25, -0.2) is 0 Å². The zero-order valence-electron chi connectivity index (χ0n) is 93.3. The molecule has 0 N–H and O–H groups in total. The fourth-order valence-corrected chi connectivity index (χ4v) is 31.5. The quantitative estimate of drug-likeness (QED) is 0.238. The van der Waals surface area contributed by atoms with Gasteiger partial charge in [0.25, 0.3) is 0 Å². The van der Waals surface area contributed by atoms with Crippen molar-refractivity contribution in [2.24, 2.45) is 108 Å². The molecule has 696 valence electrons. The zero-order chi connectivity index (χ0) is 95.7. The molecule has 0 aliphatic carbocycles. The monoisotopic (exact) mass is 1710 g/mol. The Morgan fingerprint density at radius 3 is 0.216 bits per heavy atom. The second kappa shape index (κ2) is 30.4. The van der Waals surface area contributed by atoms with E-state index in [9.17, 15) is 0 Å². The summed E-state index contributed by atoms with van der Waals surface area (Å²) in [6.07, 6.45) is 0. The second-order valence-corrected chi connectivity index (χ2v) is 66.5. The van der Waals surface area contributed by atoms with Crippen LogP contribution in [-0.2, 0) is 18.9 Å². The van der Waals surface area contributed by atoms with Crippen molar-refractivity contribution in [3.05, 3.63) is 0 Å². The lowest BCUT2D eigenvalue weighted by molar-refractivity contribution is -0.323. The van der Waals surface area contributed by atoms with E-state index in [0.717, 1.165) is 0 Å². The molecule has 0 radical (unpaired) electrons. The van der Waals surface area contributed by atoms with E-state index in [1.54, 1.807) is 0 Å². The van der Waals surface area contributed by atoms with E-state index in [0.29, 0.717) is 92.1 Å². The van der Waals surface area contributed by atoms with Crippen LogP contribution in [0.2, 0.25) is 0 Å². The molecule has 0 aromatic heterocycles. The first-order valence-electron chi connectivity index (χ1n) is 46.3. The van der Waals surface area contributed by atoms with Gasteiger partial charge in [0.05, 0.1) is 44.8 Å². The van der Waals surface area contributed by atoms with Crippen LogP contribution in [0.15, 0.2) is 0 Å². The largest absolute Gasteiger partial charge is 0.369 e. The van der Waals surface area contributed by atoms with Gasteiger partial charge in [-0.05, 0) is 197 Å². The van der Waals surface area contributed by atoms with Crippen molar-refractivity contribution in [2.75, 3.05) is 0 Å². The molecule has 4 nitrogen and oxygen atoms in total. The summed E-state index contributed by atoms with van der Waals surface area (Å²) in [4.78, 5) is 0. The summed E-state index contributed by atoms with van der Waals surface area (Å²) in [7, 11) is 0. The van der Waals surface area contributed by atoms with Gasteiger partial charge < -0.3 is 18.9 Å². The first-order chi connectivity index (χ1) is 48.7. The fraction of sp³-hybridized carbons (Fsp3) is 1.00. The van der Waals surface area contributed by atoms with Gasteiger partial charge in [0, 0.05) is 59.6 Å². The summed E-state index contributed by atoms with van der Waals surface area (Å²) >= 11 is 8.60. The van der Waals surface area contributed by atoms with Crippen LogP contribution in [0.25, 0.3) is 0 Å². The highest BCUT2D eigenvalue weighted by Gasteiger charge is 2.72. The third-order valence-corrected chi connectivity index (χ3v) is 55.1. The molecule has 0 aromatic carbocycles. The Balaban J connectivity index is 0.000000664. The van der Waals surface area contributed by atoms with E-state index in [-0.39, 0.29) is 99.0 Å². The molecule has 8 heterocycles. The van der Waals surface area contributed by atoms with Crippen LogP contribution in [0.4, 0.5) is 0 Å². The van der Waals surface area contributed by atoms with Crippen molar-refractivity contribution in [3.8, 4) is 0 Å². The maximum Gasteiger partial charge on any atom is 0.0690 e. The van der Waals surface area contributed by atoms with Gasteiger partial charge in [0.15, 0.2) is 0 Å². The molecule has 8 rings (SSSR count). The Morgan fingerprint density at radius 2 is 0.147 bits per heavy atom. The molecule has 8 fully saturated rings. The van der Waals surface area contributed by atoms with Gasteiger partial charge in [-0.15, -0.1) is 47.0 Å². The molecule has 0 bridgehead atoms. The van der Waals surface area contributed by atoms with Gasteiger partial charge in [0.1, 0.15) is 0 Å². The van der Waals surface area contributed by atoms with E-state index in [2.05, 4.69) is 546 Å². The standard InChI is InChI=1S/2C15H30O.2C15H30S.2C12H24O.2C12H24S/c4*1-11(2)12(3,4)14(7,8)16-15(9,10)13(11,5)6;4*1-9(2)10(3,4)12(7,8)13-11(9,5)6/h4*1-10H3;4*1-8H3. The molecule has 8 aliphatic heterocycles. The summed E-state index contributed by atoms with van der Waals surface area (Å²) in [6, 6.07) is 0. The summed E-state index contributed by atoms with van der Waals surface area (Å²) in [5.41, 5.74) is 4.66. The van der Waals surface area contributed by atoms with Gasteiger partial charge in [-0.1, -0.05) is 388 Å². The zero-order valence-corrected chi connectivity index (χ0v) is 96.5. The predicted molar refractivity (Wildman–Crippen MR) is 536 cm³/mol. The number of rotatable bonds is 0. The lowest BCUT2D eigenvalue weighted by Gasteiger charge is -2.69. The van der Waals surface area contributed by atoms with Crippen molar-refractivity contribution in [1.29, 1.82) is 0 Å². The van der Waals surface area contributed by atoms with Gasteiger partial charge in [-0.3, -0.25) is 0 Å². The topological polar surface area (TPSA) is 36.9 Å². The average molecular weight is 1710 g/mol. The normalized spacial score (nSPS) is 33.3. The van der Waals surface area contributed by atoms with Crippen molar-refractivity contribution in [2.45, 2.75) is 581 Å². The SMILES string of the molecule is CC1(C)OC(C)(C)C(C)(C)C(C)(C)C1(C)C.CC1(C)OC(C)(C)C(C)(C)C(C)(C)C1(C)C.CC1(C)OC(C)(C)C(C)(C)C1(C)C.CC1(C)OC(C)(C)C(C)(C)C1(C)C.CC1(C)SC(C)(C)C(C)(C)C(C)(C)C1(C)C.CC1(C)SC(C)(C)C(C)(C)C(C)(C)C1(C)C.CC1(C)SC(C)(C)C(C)(C)C1(C)C.CC1(C)SC(C)(C)C(C)(C)C1(C)C. The van der Waals surface area contributed by atoms with E-state index in [1.165, 1.54) is 0 Å². The third-order valence-electron chi connectivity index (χ3n) is 46.9. The molecule has 0 saturated carbocycles. The minimum atomic E-state index is -0.102. The fourth-order valence-electron chi connectivity index (χ4n) is 22.3. The van der Waals surface area contributed by atoms with E-state index < -0.39 is 0 Å². The van der Waals surface area contributed by atoms with E-state index in [4.69, 9.17) is 18.9 Å². The van der Waals surface area contributed by atoms with Crippen molar-refractivity contribution >= 4 is 47.0 Å². The van der Waals surface area contributed by atoms with Gasteiger partial charge >= 0.3 is 0 Å². The number of hydrogen-bond acceptors (Lipinski definition) is 8. The molecule has 0 unspecified atom stereocenters. The molecule has 8 saturated heterocycles. The highest BCUT2D eigenvalue weighted by molar-refractivity contribution is 8.03. The van der Waals surface area contributed by atoms with Gasteiger partial charge in [-0.2, -0.15) is 0 Å². The second-order valence-electron chi connectivity index (χ2n) is 57.5. The molecule has 0 spiro atoms. The molecule has 8 heteroatoms. The van der Waals surface area contributed by atoms with Crippen LogP contribution < -0.4 is 0 Å². The molecular weight excluding hydrogens is 1490 g/mol. The molecule has 116 heavy (non-hydrogen) atoms. The Kier molecular flexibility index (Phi) is 30.2. The number of thioether (sulfide) groups is 4. The van der Waals surface area contributed by atoms with Crippen molar-refractivity contribution in [3.63, 3.8) is 0 Å². The Labute approximate surface area is 750 Å². The van der Waals surface area contributed by atoms with E-state index >= 15 is 0 Å². The van der Waals surface area contributed by atoms with Crippen LogP contribution in [0.5, 0.6) is 0 Å². The molecule has 0 aromatic rings. The van der Waals surface area contributed by atoms with Crippen molar-refractivity contribution in [1.82, 2.24) is 0 Å². The van der Waals surface area contributed by atoms with E-state index in [1.807, 2.05) is 0 Å². The first kappa shape index (κ1) is 115. The molecular formula is C108H216O4S4. The number of hydrogen-bond donors (Lipinski definition) is 0. The molecule has 0 amide bonds. The lowest BCUT2D eigenvalue weighted by Crippen LogP contribution is -2.69. The van der Waals surface area contributed by atoms with Crippen LogP contribution >= 0.6 is 47.0 Å². The third kappa shape index (κ3) is 16.6. The highest BCUT2D eigenvalue weighted by Crippen LogP contribution is 2.76. The minimum Gasteiger partial charge on any atom is -0.369 e. The smallest absolute Gasteiger partial charge is 0.0690 e. The number of ether oxygens (including phenoxy) is 4. The highest BCUT2D eigenvalue weighted by atomic mass is 32.2. The Hall–Kier alpha value is 1.24. The molecule has 0 atom stereocenters. The maximum absolute atomic E-state index is 6.43. The van der Waals surface area contributed by atoms with Gasteiger partial charge in [0.2, 0.25) is 0 Å². The molecule has 8 aliphatic rings. The summed E-state index contributed by atoms with van der Waals surface area (Å²) in [5.74, 6) is 0. The minimum absolute atomic E-state index is 0.0417. The Morgan fingerprint density at radius 1 is 0.0862 bits per heavy atom. The van der Waals surface area contributed by atoms with Crippen LogP contribution in [0.1, 0.15) is 499 Å². The first-order valence-corrected chi connectivity index (χ1v) is 49.5. The van der Waals surface area contributed by atoms with Crippen LogP contribution in [-0.4, -0.2) is 82.8 Å². The van der Waals surface area contributed by atoms with Crippen LogP contribution in [0, 0.1) is 108 Å². The summed E-state index contributed by atoms with van der Waals surface area (Å²) < 4.78 is 27.9. The predicted octanol–water partition coefficient (Wildman–Crippen LogP) is 36.0. The average Bonchev–Trinajstić information content (AvgIpc) is 1.45. The summed E-state index contributed by atoms with van der Waals surface area (Å²) in [6.45, 7) is 169.